The van der Waals surface area contributed by atoms with Crippen molar-refractivity contribution in [2.45, 2.75) is 57.4 Å². The Morgan fingerprint density at radius 2 is 1.92 bits per heavy atom. The Morgan fingerprint density at radius 1 is 1.24 bits per heavy atom. The Balaban J connectivity index is 1.66. The number of carbonyl (C=O) groups excluding carboxylic acids is 4. The summed E-state index contributed by atoms with van der Waals surface area (Å²) in [7, 11) is 1.27. The smallest absolute Gasteiger partial charge is 0.355 e. The predicted molar refractivity (Wildman–Crippen MR) is 141 cm³/mol. The lowest BCUT2D eigenvalue weighted by atomic mass is 10.0. The van der Waals surface area contributed by atoms with Crippen LogP contribution in [0.4, 0.5) is 5.13 Å². The van der Waals surface area contributed by atoms with Crippen molar-refractivity contribution < 1.29 is 38.2 Å². The van der Waals surface area contributed by atoms with Gasteiger partial charge in [-0.25, -0.2) is 9.78 Å². The number of thioether (sulfide) groups is 1. The summed E-state index contributed by atoms with van der Waals surface area (Å²) in [5.41, 5.74) is 0.113. The van der Waals surface area contributed by atoms with Crippen molar-refractivity contribution in [3.05, 3.63) is 22.8 Å². The minimum Gasteiger partial charge on any atom is -0.453 e. The monoisotopic (exact) mass is 569 g/mol. The SMILES string of the molecule is CO/N=C(\C(=O)NC1C(=O)N2C(C(=O)OC(COC(C)C)COC(C)C)=CCS[C@H]12)c1csc(NC=O)n1. The van der Waals surface area contributed by atoms with E-state index in [0.717, 1.165) is 11.3 Å². The third kappa shape index (κ3) is 7.30. The lowest BCUT2D eigenvalue weighted by molar-refractivity contribution is -0.161. The van der Waals surface area contributed by atoms with Crippen LogP contribution in [0.15, 0.2) is 22.3 Å². The molecule has 1 aromatic rings. The van der Waals surface area contributed by atoms with E-state index in [4.69, 9.17) is 19.0 Å². The number of oxime groups is 1. The molecule has 0 radical (unpaired) electrons. The summed E-state index contributed by atoms with van der Waals surface area (Å²) in [6, 6.07) is -0.901. The standard InChI is InChI=1S/C23H31N5O8S2/c1-12(2)34-8-14(9-35-13(3)4)36-22(32)16-6-7-37-21-18(20(31)28(16)21)26-19(30)17(27-33-5)15-10-38-23(25-15)24-11-29/h6,10-14,18,21H,7-9H2,1-5H3,(H,26,30)(H,24,25,29)/b27-17-/t18?,21-/m1/s1. The number of hydrogen-bond donors (Lipinski definition) is 2. The molecule has 0 aliphatic carbocycles. The zero-order chi connectivity index (χ0) is 27.8. The number of ether oxygens (including phenoxy) is 3. The number of carbonyl (C=O) groups is 4. The van der Waals surface area contributed by atoms with Crippen molar-refractivity contribution in [2.24, 2.45) is 5.16 Å². The van der Waals surface area contributed by atoms with Crippen molar-refractivity contribution in [1.82, 2.24) is 15.2 Å². The Hall–Kier alpha value is -3.01. The van der Waals surface area contributed by atoms with Crippen molar-refractivity contribution >= 4 is 58.1 Å². The van der Waals surface area contributed by atoms with E-state index in [2.05, 4.69) is 20.8 Å². The average Bonchev–Trinajstić information content (AvgIpc) is 3.34. The van der Waals surface area contributed by atoms with Gasteiger partial charge in [0, 0.05) is 11.1 Å². The fourth-order valence-corrected chi connectivity index (χ4v) is 5.31. The van der Waals surface area contributed by atoms with Crippen LogP contribution in [-0.2, 0) is 38.2 Å². The van der Waals surface area contributed by atoms with Gasteiger partial charge in [0.2, 0.25) is 6.41 Å². The summed E-state index contributed by atoms with van der Waals surface area (Å²) < 4.78 is 16.8. The quantitative estimate of drug-likeness (QED) is 0.109. The molecule has 208 valence electrons. The third-order valence-electron chi connectivity index (χ3n) is 5.17. The lowest BCUT2D eigenvalue weighted by Gasteiger charge is -2.48. The topological polar surface area (TPSA) is 158 Å². The summed E-state index contributed by atoms with van der Waals surface area (Å²) in [6.45, 7) is 7.79. The number of hydrogen-bond acceptors (Lipinski definition) is 12. The Kier molecular flexibility index (Phi) is 10.6. The first-order valence-corrected chi connectivity index (χ1v) is 13.8. The van der Waals surface area contributed by atoms with E-state index in [-0.39, 0.29) is 47.7 Å². The van der Waals surface area contributed by atoms with Crippen molar-refractivity contribution in [1.29, 1.82) is 0 Å². The van der Waals surface area contributed by atoms with Gasteiger partial charge >= 0.3 is 5.97 Å². The molecule has 3 rings (SSSR count). The number of nitrogens with one attached hydrogen (secondary N) is 2. The van der Waals surface area contributed by atoms with Crippen LogP contribution in [-0.4, -0.2) is 95.6 Å². The van der Waals surface area contributed by atoms with Crippen LogP contribution in [0, 0.1) is 0 Å². The van der Waals surface area contributed by atoms with Crippen LogP contribution in [0.3, 0.4) is 0 Å². The normalized spacial score (nSPS) is 19.2. The second-order valence-corrected chi connectivity index (χ2v) is 10.7. The lowest BCUT2D eigenvalue weighted by Crippen LogP contribution is -2.70. The largest absolute Gasteiger partial charge is 0.453 e. The molecular weight excluding hydrogens is 538 g/mol. The van der Waals surface area contributed by atoms with Crippen molar-refractivity contribution in [3.63, 3.8) is 0 Å². The van der Waals surface area contributed by atoms with Gasteiger partial charge in [-0.1, -0.05) is 5.16 Å². The summed E-state index contributed by atoms with van der Waals surface area (Å²) >= 11 is 2.49. The molecule has 1 fully saturated rings. The van der Waals surface area contributed by atoms with E-state index in [1.54, 1.807) is 6.08 Å². The third-order valence-corrected chi connectivity index (χ3v) is 7.13. The number of anilines is 1. The average molecular weight is 570 g/mol. The van der Waals surface area contributed by atoms with E-state index in [0.29, 0.717) is 12.2 Å². The molecule has 2 N–H and O–H groups in total. The zero-order valence-electron chi connectivity index (χ0n) is 21.7. The van der Waals surface area contributed by atoms with E-state index in [1.807, 2.05) is 27.7 Å². The van der Waals surface area contributed by atoms with Crippen LogP contribution in [0.25, 0.3) is 0 Å². The number of aromatic nitrogens is 1. The first-order valence-electron chi connectivity index (χ1n) is 11.8. The van der Waals surface area contributed by atoms with E-state index in [9.17, 15) is 19.2 Å². The van der Waals surface area contributed by atoms with Gasteiger partial charge in [-0.05, 0) is 33.8 Å². The zero-order valence-corrected chi connectivity index (χ0v) is 23.3. The highest BCUT2D eigenvalue weighted by Crippen LogP contribution is 2.38. The molecule has 0 spiro atoms. The second kappa shape index (κ2) is 13.7. The number of amides is 3. The maximum Gasteiger partial charge on any atom is 0.355 e. The molecule has 2 aliphatic rings. The fourth-order valence-electron chi connectivity index (χ4n) is 3.46. The van der Waals surface area contributed by atoms with Crippen molar-refractivity contribution in [3.8, 4) is 0 Å². The first-order chi connectivity index (χ1) is 18.2. The Labute approximate surface area is 228 Å². The van der Waals surface area contributed by atoms with Crippen LogP contribution < -0.4 is 10.6 Å². The molecule has 1 aromatic heterocycles. The molecule has 1 unspecified atom stereocenters. The number of β-lactam (4-membered cyclic amide) rings is 1. The molecule has 2 aliphatic heterocycles. The van der Waals surface area contributed by atoms with Gasteiger partial charge in [0.25, 0.3) is 11.8 Å². The van der Waals surface area contributed by atoms with Crippen molar-refractivity contribution in [2.75, 3.05) is 31.4 Å². The van der Waals surface area contributed by atoms with Crippen LogP contribution >= 0.6 is 23.1 Å². The minimum absolute atomic E-state index is 0.0602. The summed E-state index contributed by atoms with van der Waals surface area (Å²) in [5, 5.41) is 10.1. The predicted octanol–water partition coefficient (Wildman–Crippen LogP) is 1.11. The molecule has 0 aromatic carbocycles. The van der Waals surface area contributed by atoms with Gasteiger partial charge in [0.15, 0.2) is 10.8 Å². The molecular formula is C23H31N5O8S2. The van der Waals surface area contributed by atoms with E-state index >= 15 is 0 Å². The molecule has 0 saturated carbocycles. The molecule has 3 amide bonds. The number of thiazole rings is 1. The molecule has 2 atom stereocenters. The Bertz CT molecular complexity index is 1080. The molecule has 13 nitrogen and oxygen atoms in total. The summed E-state index contributed by atoms with van der Waals surface area (Å²) in [5.74, 6) is -1.39. The van der Waals surface area contributed by atoms with Gasteiger partial charge in [-0.3, -0.25) is 19.3 Å². The van der Waals surface area contributed by atoms with Gasteiger partial charge in [-0.15, -0.1) is 23.1 Å². The molecule has 0 bridgehead atoms. The maximum atomic E-state index is 13.0. The summed E-state index contributed by atoms with van der Waals surface area (Å²) in [4.78, 5) is 59.9. The fraction of sp³-hybridized carbons (Fsp3) is 0.565. The number of rotatable bonds is 14. The maximum absolute atomic E-state index is 13.0. The molecule has 15 heteroatoms. The summed E-state index contributed by atoms with van der Waals surface area (Å²) in [6.07, 6.45) is 1.31. The molecule has 38 heavy (non-hydrogen) atoms. The van der Waals surface area contributed by atoms with Crippen LogP contribution in [0.2, 0.25) is 0 Å². The highest BCUT2D eigenvalue weighted by molar-refractivity contribution is 8.00. The number of nitrogens with zero attached hydrogens (tertiary/aromatic N) is 3. The van der Waals surface area contributed by atoms with Gasteiger partial charge in [-0.2, -0.15) is 0 Å². The highest BCUT2D eigenvalue weighted by Gasteiger charge is 2.53. The second-order valence-electron chi connectivity index (χ2n) is 8.69. The molecule has 1 saturated heterocycles. The molecule has 3 heterocycles. The van der Waals surface area contributed by atoms with Gasteiger partial charge in [0.1, 0.15) is 36.0 Å². The highest BCUT2D eigenvalue weighted by atomic mass is 32.2. The van der Waals surface area contributed by atoms with E-state index in [1.165, 1.54) is 29.2 Å². The van der Waals surface area contributed by atoms with Gasteiger partial charge in [0.05, 0.1) is 25.4 Å². The number of esters is 1. The van der Waals surface area contributed by atoms with Gasteiger partial charge < -0.3 is 29.7 Å². The Morgan fingerprint density at radius 3 is 2.53 bits per heavy atom. The number of fused-ring (bicyclic) bond motifs is 1. The van der Waals surface area contributed by atoms with E-state index < -0.39 is 35.3 Å². The van der Waals surface area contributed by atoms with Crippen LogP contribution in [0.1, 0.15) is 33.4 Å². The minimum atomic E-state index is -0.901. The first kappa shape index (κ1) is 29.5. The van der Waals surface area contributed by atoms with Crippen LogP contribution in [0.5, 0.6) is 0 Å².